The maximum Gasteiger partial charge on any atom is 0.301 e. The largest absolute Gasteiger partial charge is 0.507 e. The normalized spacial score (nSPS) is 16.6. The van der Waals surface area contributed by atoms with Gasteiger partial charge >= 0.3 is 5.91 Å². The molecule has 2 aromatic carbocycles. The van der Waals surface area contributed by atoms with E-state index in [1.165, 1.54) is 35.1 Å². The van der Waals surface area contributed by atoms with Crippen LogP contribution < -0.4 is 14.4 Å². The van der Waals surface area contributed by atoms with Crippen molar-refractivity contribution in [3.05, 3.63) is 83.7 Å². The maximum absolute atomic E-state index is 13.5. The summed E-state index contributed by atoms with van der Waals surface area (Å²) in [7, 11) is 0. The van der Waals surface area contributed by atoms with Gasteiger partial charge in [0, 0.05) is 18.0 Å². The zero-order chi connectivity index (χ0) is 28.1. The van der Waals surface area contributed by atoms with Gasteiger partial charge in [-0.1, -0.05) is 49.7 Å². The van der Waals surface area contributed by atoms with Crippen LogP contribution in [0, 0.1) is 0 Å². The fraction of sp³-hybridized carbons (Fsp3) is 0.290. The lowest BCUT2D eigenvalue weighted by atomic mass is 9.95. The average Bonchev–Trinajstić information content (AvgIpc) is 3.51. The predicted molar refractivity (Wildman–Crippen MR) is 156 cm³/mol. The Bertz CT molecular complexity index is 1530. The molecule has 2 aromatic heterocycles. The van der Waals surface area contributed by atoms with Crippen LogP contribution in [0.5, 0.6) is 11.5 Å². The lowest BCUT2D eigenvalue weighted by Crippen LogP contribution is -2.29. The number of aliphatic hydroxyl groups is 1. The molecule has 3 heterocycles. The number of Topliss-reactive ketones (excluding diaryl/α,β-unsaturated/α-hetero) is 1. The van der Waals surface area contributed by atoms with Crippen molar-refractivity contribution in [2.24, 2.45) is 0 Å². The number of thiazole rings is 1. The number of carbonyl (C=O) groups excluding carboxylic acids is 2. The van der Waals surface area contributed by atoms with Crippen LogP contribution in [-0.2, 0) is 9.59 Å². The van der Waals surface area contributed by atoms with Crippen molar-refractivity contribution in [2.75, 3.05) is 18.1 Å². The van der Waals surface area contributed by atoms with Gasteiger partial charge in [-0.05, 0) is 61.4 Å². The van der Waals surface area contributed by atoms with Crippen LogP contribution in [0.1, 0.15) is 56.7 Å². The number of ketones is 1. The number of aromatic nitrogens is 2. The number of nitrogens with zero attached hydrogens (tertiary/aromatic N) is 3. The number of hydrogen-bond acceptors (Lipinski definition) is 8. The van der Waals surface area contributed by atoms with E-state index in [1.807, 2.05) is 49.4 Å². The quantitative estimate of drug-likeness (QED) is 0.0950. The van der Waals surface area contributed by atoms with Gasteiger partial charge in [-0.3, -0.25) is 19.5 Å². The predicted octanol–water partition coefficient (Wildman–Crippen LogP) is 6.68. The SMILES string of the molecule is CCCCCCOc1ccc(C2C(=C(O)c3ccncc3)C(=O)C(=O)N2c2nc3ccc(OCC)cc3s2)cc1. The maximum atomic E-state index is 13.5. The number of hydrogen-bond donors (Lipinski definition) is 1. The van der Waals surface area contributed by atoms with Crippen molar-refractivity contribution in [3.63, 3.8) is 0 Å². The van der Waals surface area contributed by atoms with Crippen molar-refractivity contribution in [1.82, 2.24) is 9.97 Å². The number of unbranched alkanes of at least 4 members (excludes halogenated alkanes) is 3. The van der Waals surface area contributed by atoms with Crippen molar-refractivity contribution >= 4 is 44.1 Å². The van der Waals surface area contributed by atoms with Gasteiger partial charge in [0.25, 0.3) is 5.78 Å². The fourth-order valence-corrected chi connectivity index (χ4v) is 5.75. The van der Waals surface area contributed by atoms with Gasteiger partial charge < -0.3 is 14.6 Å². The molecule has 206 valence electrons. The van der Waals surface area contributed by atoms with Crippen LogP contribution in [0.3, 0.4) is 0 Å². The molecule has 5 rings (SSSR count). The first-order valence-electron chi connectivity index (χ1n) is 13.5. The Kier molecular flexibility index (Phi) is 8.40. The number of pyridine rings is 1. The van der Waals surface area contributed by atoms with E-state index < -0.39 is 17.7 Å². The highest BCUT2D eigenvalue weighted by Gasteiger charge is 2.48. The first-order valence-corrected chi connectivity index (χ1v) is 14.3. The molecule has 1 atom stereocenters. The molecule has 0 bridgehead atoms. The van der Waals surface area contributed by atoms with Gasteiger partial charge in [-0.15, -0.1) is 0 Å². The summed E-state index contributed by atoms with van der Waals surface area (Å²) in [4.78, 5) is 37.0. The molecule has 0 radical (unpaired) electrons. The number of rotatable bonds is 11. The molecule has 40 heavy (non-hydrogen) atoms. The van der Waals surface area contributed by atoms with Gasteiger partial charge in [-0.25, -0.2) is 4.98 Å². The number of benzene rings is 2. The summed E-state index contributed by atoms with van der Waals surface area (Å²) in [5.41, 5.74) is 1.74. The molecule has 9 heteroatoms. The van der Waals surface area contributed by atoms with Gasteiger partial charge in [0.05, 0.1) is 35.0 Å². The molecule has 0 saturated carbocycles. The lowest BCUT2D eigenvalue weighted by molar-refractivity contribution is -0.132. The number of ether oxygens (including phenoxy) is 2. The molecular formula is C31H31N3O5S. The number of fused-ring (bicyclic) bond motifs is 1. The summed E-state index contributed by atoms with van der Waals surface area (Å²) < 4.78 is 12.3. The molecule has 1 aliphatic rings. The van der Waals surface area contributed by atoms with E-state index in [4.69, 9.17) is 9.47 Å². The molecule has 8 nitrogen and oxygen atoms in total. The second-order valence-electron chi connectivity index (χ2n) is 9.44. The van der Waals surface area contributed by atoms with Crippen molar-refractivity contribution in [3.8, 4) is 11.5 Å². The molecule has 1 unspecified atom stereocenters. The Morgan fingerprint density at radius 2 is 1.70 bits per heavy atom. The molecule has 0 aliphatic carbocycles. The van der Waals surface area contributed by atoms with Crippen LogP contribution in [-0.4, -0.2) is 40.0 Å². The Labute approximate surface area is 236 Å². The Balaban J connectivity index is 1.55. The standard InChI is InChI=1S/C31H31N3O5S/c1-3-5-6-7-18-39-22-10-8-20(9-11-22)27-26(28(35)21-14-16-32-17-15-21)29(36)30(37)34(27)31-33-24-13-12-23(38-4-2)19-25(24)40-31/h8-17,19,27,35H,3-7,18H2,1-2H3. The molecule has 1 fully saturated rings. The third kappa shape index (κ3) is 5.56. The summed E-state index contributed by atoms with van der Waals surface area (Å²) in [6, 6.07) is 15.2. The van der Waals surface area contributed by atoms with Gasteiger partial charge in [-0.2, -0.15) is 0 Å². The average molecular weight is 558 g/mol. The fourth-order valence-electron chi connectivity index (χ4n) is 4.73. The molecule has 1 amide bonds. The van der Waals surface area contributed by atoms with E-state index >= 15 is 0 Å². The topological polar surface area (TPSA) is 102 Å². The Morgan fingerprint density at radius 1 is 0.950 bits per heavy atom. The number of carbonyl (C=O) groups is 2. The third-order valence-electron chi connectivity index (χ3n) is 6.73. The monoisotopic (exact) mass is 557 g/mol. The molecular weight excluding hydrogens is 526 g/mol. The van der Waals surface area contributed by atoms with E-state index in [0.717, 1.165) is 24.0 Å². The number of anilines is 1. The second kappa shape index (κ2) is 12.3. The first kappa shape index (κ1) is 27.3. The smallest absolute Gasteiger partial charge is 0.301 e. The third-order valence-corrected chi connectivity index (χ3v) is 7.74. The first-order chi connectivity index (χ1) is 19.5. The minimum absolute atomic E-state index is 0.00121. The van der Waals surface area contributed by atoms with Crippen LogP contribution in [0.2, 0.25) is 0 Å². The summed E-state index contributed by atoms with van der Waals surface area (Å²) in [6.07, 6.45) is 7.48. The Morgan fingerprint density at radius 3 is 2.42 bits per heavy atom. The van der Waals surface area contributed by atoms with Crippen LogP contribution in [0.15, 0.2) is 72.6 Å². The molecule has 4 aromatic rings. The van der Waals surface area contributed by atoms with E-state index in [0.29, 0.717) is 46.5 Å². The molecule has 1 N–H and O–H groups in total. The molecule has 1 saturated heterocycles. The van der Waals surface area contributed by atoms with Gasteiger partial charge in [0.2, 0.25) is 0 Å². The highest BCUT2D eigenvalue weighted by Crippen LogP contribution is 2.44. The zero-order valence-electron chi connectivity index (χ0n) is 22.5. The lowest BCUT2D eigenvalue weighted by Gasteiger charge is -2.23. The number of aliphatic hydroxyl groups excluding tert-OH is 1. The highest BCUT2D eigenvalue weighted by atomic mass is 32.1. The van der Waals surface area contributed by atoms with E-state index in [1.54, 1.807) is 12.1 Å². The van der Waals surface area contributed by atoms with Crippen molar-refractivity contribution in [1.29, 1.82) is 0 Å². The van der Waals surface area contributed by atoms with Crippen LogP contribution in [0.4, 0.5) is 5.13 Å². The molecule has 0 spiro atoms. The van der Waals surface area contributed by atoms with E-state index in [2.05, 4.69) is 16.9 Å². The minimum Gasteiger partial charge on any atom is -0.507 e. The van der Waals surface area contributed by atoms with Gasteiger partial charge in [0.15, 0.2) is 5.13 Å². The summed E-state index contributed by atoms with van der Waals surface area (Å²) in [5, 5.41) is 11.6. The van der Waals surface area contributed by atoms with Crippen molar-refractivity contribution < 1.29 is 24.2 Å². The second-order valence-corrected chi connectivity index (χ2v) is 10.5. The van der Waals surface area contributed by atoms with Gasteiger partial charge in [0.1, 0.15) is 17.3 Å². The summed E-state index contributed by atoms with van der Waals surface area (Å²) >= 11 is 1.29. The zero-order valence-corrected chi connectivity index (χ0v) is 23.3. The van der Waals surface area contributed by atoms with Crippen molar-refractivity contribution in [2.45, 2.75) is 45.6 Å². The summed E-state index contributed by atoms with van der Waals surface area (Å²) in [6.45, 7) is 5.23. The summed E-state index contributed by atoms with van der Waals surface area (Å²) in [5.74, 6) is -0.378. The Hall–Kier alpha value is -4.24. The highest BCUT2D eigenvalue weighted by molar-refractivity contribution is 7.22. The van der Waals surface area contributed by atoms with Crippen LogP contribution in [0.25, 0.3) is 16.0 Å². The molecule has 1 aliphatic heterocycles. The number of amides is 1. The van der Waals surface area contributed by atoms with E-state index in [9.17, 15) is 14.7 Å². The van der Waals surface area contributed by atoms with Crippen LogP contribution >= 0.6 is 11.3 Å². The van der Waals surface area contributed by atoms with E-state index in [-0.39, 0.29) is 11.3 Å². The minimum atomic E-state index is -0.876.